The van der Waals surface area contributed by atoms with Crippen molar-refractivity contribution >= 4 is 11.9 Å². The third kappa shape index (κ3) is 4.72. The lowest BCUT2D eigenvalue weighted by Crippen LogP contribution is -2.32. The van der Waals surface area contributed by atoms with E-state index in [0.29, 0.717) is 0 Å². The first-order chi connectivity index (χ1) is 11.0. The van der Waals surface area contributed by atoms with E-state index in [9.17, 15) is 9.59 Å². The van der Waals surface area contributed by atoms with E-state index in [0.717, 1.165) is 5.56 Å². The Labute approximate surface area is 131 Å². The van der Waals surface area contributed by atoms with Crippen LogP contribution in [0.3, 0.4) is 0 Å². The van der Waals surface area contributed by atoms with E-state index in [4.69, 9.17) is 20.8 Å². The average molecular weight is 317 g/mol. The Hall–Kier alpha value is -3.06. The molecule has 0 saturated heterocycles. The Morgan fingerprint density at radius 3 is 2.22 bits per heavy atom. The van der Waals surface area contributed by atoms with E-state index in [2.05, 4.69) is 4.89 Å². The van der Waals surface area contributed by atoms with Gasteiger partial charge in [0.25, 0.3) is 0 Å². The van der Waals surface area contributed by atoms with Crippen LogP contribution in [0.4, 0.5) is 0 Å². The highest BCUT2D eigenvalue weighted by Gasteiger charge is 2.12. The SMILES string of the molecule is N[C@H](Cc1ccc(OOC(=O)c2ccc(O)cc2)cc1)C(=O)O. The van der Waals surface area contributed by atoms with Crippen LogP contribution < -0.4 is 10.6 Å². The number of benzene rings is 2. The molecule has 23 heavy (non-hydrogen) atoms. The van der Waals surface area contributed by atoms with Crippen molar-refractivity contribution in [3.05, 3.63) is 59.7 Å². The quantitative estimate of drug-likeness (QED) is 0.545. The molecule has 0 saturated carbocycles. The lowest BCUT2D eigenvalue weighted by atomic mass is 10.1. The number of aliphatic carboxylic acids is 1. The maximum absolute atomic E-state index is 11.7. The van der Waals surface area contributed by atoms with Crippen LogP contribution >= 0.6 is 0 Å². The van der Waals surface area contributed by atoms with Crippen molar-refractivity contribution in [2.45, 2.75) is 12.5 Å². The molecule has 0 unspecified atom stereocenters. The summed E-state index contributed by atoms with van der Waals surface area (Å²) in [5.41, 5.74) is 6.39. The van der Waals surface area contributed by atoms with Crippen molar-refractivity contribution in [2.24, 2.45) is 5.73 Å². The van der Waals surface area contributed by atoms with E-state index in [-0.39, 0.29) is 23.5 Å². The topological polar surface area (TPSA) is 119 Å². The van der Waals surface area contributed by atoms with Crippen LogP contribution in [0.5, 0.6) is 11.5 Å². The van der Waals surface area contributed by atoms with E-state index < -0.39 is 18.0 Å². The highest BCUT2D eigenvalue weighted by Crippen LogP contribution is 2.15. The molecule has 7 nitrogen and oxygen atoms in total. The number of phenolic OH excluding ortho intramolecular Hbond substituents is 1. The number of hydrogen-bond acceptors (Lipinski definition) is 6. The summed E-state index contributed by atoms with van der Waals surface area (Å²) < 4.78 is 0. The minimum absolute atomic E-state index is 0.0395. The van der Waals surface area contributed by atoms with E-state index >= 15 is 0 Å². The fourth-order valence-corrected chi connectivity index (χ4v) is 1.75. The number of hydrogen-bond donors (Lipinski definition) is 3. The molecular weight excluding hydrogens is 302 g/mol. The summed E-state index contributed by atoms with van der Waals surface area (Å²) in [6, 6.07) is 10.9. The first kappa shape index (κ1) is 16.3. The summed E-state index contributed by atoms with van der Waals surface area (Å²) in [5, 5.41) is 17.9. The van der Waals surface area contributed by atoms with Crippen molar-refractivity contribution in [3.63, 3.8) is 0 Å². The maximum atomic E-state index is 11.7. The Balaban J connectivity index is 1.89. The molecule has 2 rings (SSSR count). The third-order valence-electron chi connectivity index (χ3n) is 3.01. The Morgan fingerprint density at radius 2 is 1.65 bits per heavy atom. The lowest BCUT2D eigenvalue weighted by Gasteiger charge is -2.08. The molecule has 0 heterocycles. The molecular formula is C16H15NO6. The van der Waals surface area contributed by atoms with Gasteiger partial charge in [0.05, 0.1) is 5.56 Å². The fourth-order valence-electron chi connectivity index (χ4n) is 1.75. The van der Waals surface area contributed by atoms with Crippen molar-refractivity contribution in [1.29, 1.82) is 0 Å². The predicted octanol–water partition coefficient (Wildman–Crippen LogP) is 1.50. The van der Waals surface area contributed by atoms with Gasteiger partial charge in [0.2, 0.25) is 0 Å². The number of carboxylic acids is 1. The first-order valence-corrected chi connectivity index (χ1v) is 6.71. The van der Waals surface area contributed by atoms with Gasteiger partial charge in [-0.25, -0.2) is 9.68 Å². The molecule has 2 aromatic rings. The van der Waals surface area contributed by atoms with Crippen LogP contribution in [0.15, 0.2) is 48.5 Å². The van der Waals surface area contributed by atoms with Crippen molar-refractivity contribution in [3.8, 4) is 11.5 Å². The zero-order valence-corrected chi connectivity index (χ0v) is 12.0. The van der Waals surface area contributed by atoms with Crippen molar-refractivity contribution in [1.82, 2.24) is 0 Å². The van der Waals surface area contributed by atoms with Crippen LogP contribution in [-0.4, -0.2) is 28.2 Å². The molecule has 0 radical (unpaired) electrons. The van der Waals surface area contributed by atoms with Crippen LogP contribution in [0.1, 0.15) is 15.9 Å². The molecule has 0 spiro atoms. The molecule has 4 N–H and O–H groups in total. The minimum Gasteiger partial charge on any atom is -0.508 e. The van der Waals surface area contributed by atoms with Crippen LogP contribution in [0, 0.1) is 0 Å². The minimum atomic E-state index is -1.08. The number of phenols is 1. The van der Waals surface area contributed by atoms with Crippen LogP contribution in [0.2, 0.25) is 0 Å². The maximum Gasteiger partial charge on any atom is 0.386 e. The predicted molar refractivity (Wildman–Crippen MR) is 79.9 cm³/mol. The van der Waals surface area contributed by atoms with Crippen molar-refractivity contribution in [2.75, 3.05) is 0 Å². The highest BCUT2D eigenvalue weighted by molar-refractivity contribution is 5.89. The monoisotopic (exact) mass is 317 g/mol. The zero-order valence-electron chi connectivity index (χ0n) is 12.0. The molecule has 0 aliphatic rings. The van der Waals surface area contributed by atoms with Gasteiger partial charge < -0.3 is 15.9 Å². The molecule has 0 amide bonds. The molecule has 0 fully saturated rings. The Bertz CT molecular complexity index is 681. The molecule has 7 heteroatoms. The number of nitrogens with two attached hydrogens (primary N) is 1. The van der Waals surface area contributed by atoms with Gasteiger partial charge in [-0.2, -0.15) is 0 Å². The number of carbonyl (C=O) groups excluding carboxylic acids is 1. The molecule has 2 aromatic carbocycles. The van der Waals surface area contributed by atoms with Crippen LogP contribution in [0.25, 0.3) is 0 Å². The average Bonchev–Trinajstić information content (AvgIpc) is 2.54. The summed E-state index contributed by atoms with van der Waals surface area (Å²) >= 11 is 0. The lowest BCUT2D eigenvalue weighted by molar-refractivity contribution is -0.149. The summed E-state index contributed by atoms with van der Waals surface area (Å²) in [4.78, 5) is 32.0. The molecule has 0 aliphatic heterocycles. The number of rotatable bonds is 6. The van der Waals surface area contributed by atoms with Crippen molar-refractivity contribution < 1.29 is 29.6 Å². The van der Waals surface area contributed by atoms with E-state index in [1.165, 1.54) is 36.4 Å². The zero-order chi connectivity index (χ0) is 16.8. The smallest absolute Gasteiger partial charge is 0.386 e. The summed E-state index contributed by atoms with van der Waals surface area (Å²) in [6.07, 6.45) is 0.183. The number of carbonyl (C=O) groups is 2. The van der Waals surface area contributed by atoms with Gasteiger partial charge >= 0.3 is 11.9 Å². The summed E-state index contributed by atoms with van der Waals surface area (Å²) in [6.45, 7) is 0. The van der Waals surface area contributed by atoms with Gasteiger partial charge in [0.15, 0.2) is 5.75 Å². The van der Waals surface area contributed by atoms with Gasteiger partial charge in [0.1, 0.15) is 11.8 Å². The van der Waals surface area contributed by atoms with Crippen LogP contribution in [-0.2, 0) is 16.1 Å². The highest BCUT2D eigenvalue weighted by atomic mass is 17.2. The molecule has 1 atom stereocenters. The second-order valence-electron chi connectivity index (χ2n) is 4.79. The third-order valence-corrected chi connectivity index (χ3v) is 3.01. The Kier molecular flexibility index (Phi) is 5.16. The molecule has 120 valence electrons. The Morgan fingerprint density at radius 1 is 1.04 bits per heavy atom. The molecule has 0 aliphatic carbocycles. The second kappa shape index (κ2) is 7.28. The first-order valence-electron chi connectivity index (χ1n) is 6.71. The number of carboxylic acid groups (broad SMARTS) is 1. The van der Waals surface area contributed by atoms with Gasteiger partial charge in [-0.1, -0.05) is 12.1 Å². The number of aromatic hydroxyl groups is 1. The summed E-state index contributed by atoms with van der Waals surface area (Å²) in [7, 11) is 0. The largest absolute Gasteiger partial charge is 0.508 e. The van der Waals surface area contributed by atoms with Gasteiger partial charge in [-0.3, -0.25) is 9.68 Å². The van der Waals surface area contributed by atoms with Gasteiger partial charge in [-0.05, 0) is 48.4 Å². The standard InChI is InChI=1S/C16H15NO6/c17-14(15(19)20)9-10-1-7-13(8-2-10)22-23-16(21)11-3-5-12(18)6-4-11/h1-8,14,18H,9,17H2,(H,19,20)/t14-/m1/s1. The second-order valence-corrected chi connectivity index (χ2v) is 4.79. The molecule has 0 aromatic heterocycles. The normalized spacial score (nSPS) is 11.5. The van der Waals surface area contributed by atoms with Gasteiger partial charge in [0, 0.05) is 0 Å². The molecule has 0 bridgehead atoms. The summed E-state index contributed by atoms with van der Waals surface area (Å²) in [5.74, 6) is -1.46. The fraction of sp³-hybridized carbons (Fsp3) is 0.125. The van der Waals surface area contributed by atoms with E-state index in [1.807, 2.05) is 0 Å². The van der Waals surface area contributed by atoms with E-state index in [1.54, 1.807) is 12.1 Å². The van der Waals surface area contributed by atoms with Gasteiger partial charge in [-0.15, -0.1) is 0 Å².